The summed E-state index contributed by atoms with van der Waals surface area (Å²) in [6, 6.07) is 13.2. The van der Waals surface area contributed by atoms with Crippen LogP contribution in [-0.2, 0) is 13.2 Å². The maximum Gasteiger partial charge on any atom is 0.254 e. The zero-order valence-electron chi connectivity index (χ0n) is 16.0. The first-order valence-electron chi connectivity index (χ1n) is 8.93. The number of hydrogen-bond donors (Lipinski definition) is 0. The number of hydrogen-bond acceptors (Lipinski definition) is 5. The van der Waals surface area contributed by atoms with Crippen LogP contribution in [0, 0.1) is 5.82 Å². The highest BCUT2D eigenvalue weighted by molar-refractivity contribution is 5.94. The first-order valence-corrected chi connectivity index (χ1v) is 8.93. The quantitative estimate of drug-likeness (QED) is 0.626. The Morgan fingerprint density at radius 3 is 2.75 bits per heavy atom. The van der Waals surface area contributed by atoms with Gasteiger partial charge in [0.1, 0.15) is 18.2 Å². The van der Waals surface area contributed by atoms with Crippen LogP contribution in [0.4, 0.5) is 4.39 Å². The fraction of sp³-hybridized carbons (Fsp3) is 0.300. The summed E-state index contributed by atoms with van der Waals surface area (Å²) in [4.78, 5) is 14.2. The highest BCUT2D eigenvalue weighted by Crippen LogP contribution is 2.17. The van der Waals surface area contributed by atoms with Crippen molar-refractivity contribution in [2.45, 2.75) is 33.0 Å². The molecule has 0 bridgehead atoms. The lowest BCUT2D eigenvalue weighted by Gasteiger charge is -2.18. The van der Waals surface area contributed by atoms with Crippen LogP contribution in [0.2, 0.25) is 0 Å². The van der Waals surface area contributed by atoms with E-state index in [-0.39, 0.29) is 24.4 Å². The molecule has 0 unspecified atom stereocenters. The Morgan fingerprint density at radius 2 is 2.00 bits per heavy atom. The highest BCUT2D eigenvalue weighted by atomic mass is 19.1. The van der Waals surface area contributed by atoms with Crippen molar-refractivity contribution in [3.63, 3.8) is 0 Å². The number of aromatic nitrogens is 4. The molecule has 0 fully saturated rings. The van der Waals surface area contributed by atoms with Crippen LogP contribution in [0.5, 0.6) is 5.75 Å². The molecule has 0 atom stereocenters. The number of nitrogens with zero attached hydrogens (tertiary/aromatic N) is 5. The Kier molecular flexibility index (Phi) is 5.98. The van der Waals surface area contributed by atoms with Gasteiger partial charge < -0.3 is 9.64 Å². The molecule has 0 aliphatic carbocycles. The van der Waals surface area contributed by atoms with Crippen molar-refractivity contribution < 1.29 is 13.9 Å². The van der Waals surface area contributed by atoms with Gasteiger partial charge in [0.25, 0.3) is 5.91 Å². The topological polar surface area (TPSA) is 73.1 Å². The molecule has 0 N–H and O–H groups in total. The second kappa shape index (κ2) is 8.60. The van der Waals surface area contributed by atoms with Crippen molar-refractivity contribution in [2.75, 3.05) is 7.05 Å². The molecule has 0 saturated heterocycles. The maximum atomic E-state index is 13.3. The van der Waals surface area contributed by atoms with Gasteiger partial charge >= 0.3 is 0 Å². The van der Waals surface area contributed by atoms with Gasteiger partial charge in [-0.2, -0.15) is 0 Å². The van der Waals surface area contributed by atoms with Gasteiger partial charge in [0.2, 0.25) is 0 Å². The standard InChI is InChI=1S/C20H22FN5O2/c1-14(2)26-19(22-23-24-26)13-28-18-9-5-7-16(11-18)20(27)25(3)12-15-6-4-8-17(21)10-15/h4-11,14H,12-13H2,1-3H3. The molecule has 1 amide bonds. The fourth-order valence-electron chi connectivity index (χ4n) is 2.78. The highest BCUT2D eigenvalue weighted by Gasteiger charge is 2.14. The van der Waals surface area contributed by atoms with E-state index in [1.54, 1.807) is 48.1 Å². The van der Waals surface area contributed by atoms with Gasteiger partial charge in [-0.05, 0) is 60.2 Å². The molecule has 1 aromatic heterocycles. The summed E-state index contributed by atoms with van der Waals surface area (Å²) in [6.45, 7) is 4.47. The number of benzene rings is 2. The van der Waals surface area contributed by atoms with Gasteiger partial charge in [-0.1, -0.05) is 18.2 Å². The van der Waals surface area contributed by atoms with Gasteiger partial charge in [-0.25, -0.2) is 9.07 Å². The lowest BCUT2D eigenvalue weighted by atomic mass is 10.1. The van der Waals surface area contributed by atoms with E-state index in [2.05, 4.69) is 15.5 Å². The third-order valence-corrected chi connectivity index (χ3v) is 4.15. The van der Waals surface area contributed by atoms with Crippen molar-refractivity contribution >= 4 is 5.91 Å². The number of halogens is 1. The molecule has 0 saturated carbocycles. The average molecular weight is 383 g/mol. The minimum absolute atomic E-state index is 0.123. The molecule has 0 aliphatic rings. The Labute approximate surface area is 162 Å². The normalized spacial score (nSPS) is 10.9. The molecule has 3 aromatic rings. The van der Waals surface area contributed by atoms with E-state index < -0.39 is 0 Å². The van der Waals surface area contributed by atoms with E-state index in [0.29, 0.717) is 23.7 Å². The van der Waals surface area contributed by atoms with Gasteiger partial charge in [0, 0.05) is 19.2 Å². The van der Waals surface area contributed by atoms with E-state index in [4.69, 9.17) is 4.74 Å². The summed E-state index contributed by atoms with van der Waals surface area (Å²) in [6.07, 6.45) is 0. The number of tetrazole rings is 1. The van der Waals surface area contributed by atoms with Gasteiger partial charge in [0.05, 0.1) is 6.04 Å². The van der Waals surface area contributed by atoms with Crippen LogP contribution in [-0.4, -0.2) is 38.1 Å². The van der Waals surface area contributed by atoms with Crippen molar-refractivity contribution in [3.05, 3.63) is 71.3 Å². The predicted molar refractivity (Wildman–Crippen MR) is 101 cm³/mol. The van der Waals surface area contributed by atoms with E-state index >= 15 is 0 Å². The average Bonchev–Trinajstić information content (AvgIpc) is 3.15. The fourth-order valence-corrected chi connectivity index (χ4v) is 2.78. The third kappa shape index (κ3) is 4.70. The monoisotopic (exact) mass is 383 g/mol. The zero-order valence-corrected chi connectivity index (χ0v) is 16.0. The first-order chi connectivity index (χ1) is 13.4. The minimum Gasteiger partial charge on any atom is -0.486 e. The van der Waals surface area contributed by atoms with Crippen molar-refractivity contribution in [1.82, 2.24) is 25.1 Å². The van der Waals surface area contributed by atoms with Crippen LogP contribution in [0.3, 0.4) is 0 Å². The molecule has 0 spiro atoms. The lowest BCUT2D eigenvalue weighted by molar-refractivity contribution is 0.0784. The minimum atomic E-state index is -0.322. The van der Waals surface area contributed by atoms with E-state index in [0.717, 1.165) is 5.56 Å². The number of carbonyl (C=O) groups excluding carboxylic acids is 1. The summed E-state index contributed by atoms with van der Waals surface area (Å²) < 4.78 is 20.8. The first kappa shape index (κ1) is 19.5. The van der Waals surface area contributed by atoms with Crippen molar-refractivity contribution in [2.24, 2.45) is 0 Å². The van der Waals surface area contributed by atoms with Crippen LogP contribution in [0.1, 0.15) is 41.6 Å². The lowest BCUT2D eigenvalue weighted by Crippen LogP contribution is -2.26. The zero-order chi connectivity index (χ0) is 20.1. The molecule has 0 radical (unpaired) electrons. The van der Waals surface area contributed by atoms with Gasteiger partial charge in [-0.15, -0.1) is 5.10 Å². The van der Waals surface area contributed by atoms with Gasteiger partial charge in [-0.3, -0.25) is 4.79 Å². The molecule has 28 heavy (non-hydrogen) atoms. The van der Waals surface area contributed by atoms with Crippen LogP contribution < -0.4 is 4.74 Å². The van der Waals surface area contributed by atoms with Crippen LogP contribution >= 0.6 is 0 Å². The summed E-state index contributed by atoms with van der Waals surface area (Å²) in [5.74, 6) is 0.650. The largest absolute Gasteiger partial charge is 0.486 e. The Hall–Kier alpha value is -3.29. The van der Waals surface area contributed by atoms with E-state index in [1.807, 2.05) is 13.8 Å². The van der Waals surface area contributed by atoms with E-state index in [9.17, 15) is 9.18 Å². The van der Waals surface area contributed by atoms with Crippen molar-refractivity contribution in [1.29, 1.82) is 0 Å². The Morgan fingerprint density at radius 1 is 1.21 bits per heavy atom. The molecule has 146 valence electrons. The smallest absolute Gasteiger partial charge is 0.254 e. The number of ether oxygens (including phenoxy) is 1. The Bertz CT molecular complexity index is 957. The number of rotatable bonds is 7. The summed E-state index contributed by atoms with van der Waals surface area (Å²) in [7, 11) is 1.68. The molecular weight excluding hydrogens is 361 g/mol. The molecule has 0 aliphatic heterocycles. The number of amides is 1. The third-order valence-electron chi connectivity index (χ3n) is 4.15. The predicted octanol–water partition coefficient (Wildman–Crippen LogP) is 3.24. The maximum absolute atomic E-state index is 13.3. The molecular formula is C20H22FN5O2. The number of carbonyl (C=O) groups is 1. The summed E-state index contributed by atoms with van der Waals surface area (Å²) in [5, 5.41) is 11.6. The SMILES string of the molecule is CC(C)n1nnnc1COc1cccc(C(=O)N(C)Cc2cccc(F)c2)c1. The molecule has 2 aromatic carbocycles. The van der Waals surface area contributed by atoms with Gasteiger partial charge in [0.15, 0.2) is 5.82 Å². The second-order valence-corrected chi connectivity index (χ2v) is 6.74. The second-order valence-electron chi connectivity index (χ2n) is 6.74. The summed E-state index contributed by atoms with van der Waals surface area (Å²) in [5.41, 5.74) is 1.21. The van der Waals surface area contributed by atoms with Crippen LogP contribution in [0.15, 0.2) is 48.5 Å². The molecule has 8 heteroatoms. The molecule has 3 rings (SSSR count). The van der Waals surface area contributed by atoms with Crippen LogP contribution in [0.25, 0.3) is 0 Å². The van der Waals surface area contributed by atoms with E-state index in [1.165, 1.54) is 17.0 Å². The van der Waals surface area contributed by atoms with Crippen molar-refractivity contribution in [3.8, 4) is 5.75 Å². The molecule has 7 nitrogen and oxygen atoms in total. The molecule has 1 heterocycles. The Balaban J connectivity index is 1.66. The summed E-state index contributed by atoms with van der Waals surface area (Å²) >= 11 is 0.